The van der Waals surface area contributed by atoms with Crippen LogP contribution >= 0.6 is 0 Å². The minimum atomic E-state index is -0.143. The largest absolute Gasteiger partial charge is 0.491 e. The molecule has 7 heteroatoms. The van der Waals surface area contributed by atoms with E-state index in [1.54, 1.807) is 25.3 Å². The van der Waals surface area contributed by atoms with Gasteiger partial charge in [0.1, 0.15) is 18.1 Å². The van der Waals surface area contributed by atoms with Crippen LogP contribution in [-0.4, -0.2) is 66.0 Å². The van der Waals surface area contributed by atoms with Gasteiger partial charge in [0.2, 0.25) is 5.88 Å². The molecule has 178 valence electrons. The van der Waals surface area contributed by atoms with Gasteiger partial charge in [0.25, 0.3) is 11.8 Å². The van der Waals surface area contributed by atoms with Crippen LogP contribution in [0.3, 0.4) is 0 Å². The Balaban J connectivity index is 1.95. The van der Waals surface area contributed by atoms with E-state index in [4.69, 9.17) is 9.47 Å². The lowest BCUT2D eigenvalue weighted by Gasteiger charge is -2.34. The molecule has 0 saturated heterocycles. The summed E-state index contributed by atoms with van der Waals surface area (Å²) in [7, 11) is 1.54. The quantitative estimate of drug-likeness (QED) is 0.676. The average molecular weight is 454 g/mol. The summed E-state index contributed by atoms with van der Waals surface area (Å²) in [6.45, 7) is 8.40. The second-order valence-corrected chi connectivity index (χ2v) is 8.75. The molecule has 33 heavy (non-hydrogen) atoms. The highest BCUT2D eigenvalue weighted by atomic mass is 16.5. The first kappa shape index (κ1) is 24.6. The zero-order valence-electron chi connectivity index (χ0n) is 20.1. The molecule has 7 nitrogen and oxygen atoms in total. The number of aromatic nitrogens is 1. The summed E-state index contributed by atoms with van der Waals surface area (Å²) in [4.78, 5) is 34.8. The number of benzene rings is 1. The molecule has 3 rings (SSSR count). The highest BCUT2D eigenvalue weighted by Gasteiger charge is 2.28. The van der Waals surface area contributed by atoms with E-state index in [-0.39, 0.29) is 17.9 Å². The van der Waals surface area contributed by atoms with Crippen LogP contribution in [0.5, 0.6) is 11.6 Å². The average Bonchev–Trinajstić information content (AvgIpc) is 2.83. The smallest absolute Gasteiger partial charge is 0.272 e. The van der Waals surface area contributed by atoms with Crippen LogP contribution in [0.2, 0.25) is 0 Å². The maximum absolute atomic E-state index is 13.6. The maximum atomic E-state index is 13.6. The third kappa shape index (κ3) is 6.24. The molecular weight excluding hydrogens is 418 g/mol. The molecule has 0 N–H and O–H groups in total. The van der Waals surface area contributed by atoms with Crippen molar-refractivity contribution in [1.29, 1.82) is 0 Å². The number of carbonyl (C=O) groups is 2. The zero-order valence-corrected chi connectivity index (χ0v) is 20.1. The van der Waals surface area contributed by atoms with Crippen molar-refractivity contribution >= 4 is 11.8 Å². The Hall–Kier alpha value is -3.09. The number of para-hydroxylation sites is 1. The Morgan fingerprint density at radius 1 is 1.15 bits per heavy atom. The zero-order chi connectivity index (χ0) is 23.8. The van der Waals surface area contributed by atoms with Crippen molar-refractivity contribution in [2.24, 2.45) is 5.92 Å². The normalized spacial score (nSPS) is 17.6. The third-order valence-corrected chi connectivity index (χ3v) is 5.89. The summed E-state index contributed by atoms with van der Waals surface area (Å²) in [5, 5.41) is 0. The summed E-state index contributed by atoms with van der Waals surface area (Å²) < 4.78 is 11.4. The summed E-state index contributed by atoms with van der Waals surface area (Å²) in [6, 6.07) is 12.5. The van der Waals surface area contributed by atoms with Gasteiger partial charge in [0, 0.05) is 25.7 Å². The fourth-order valence-corrected chi connectivity index (χ4v) is 4.19. The molecule has 0 fully saturated rings. The monoisotopic (exact) mass is 453 g/mol. The molecule has 2 aromatic rings. The number of hydrogen-bond donors (Lipinski definition) is 0. The number of ether oxygens (including phenoxy) is 2. The van der Waals surface area contributed by atoms with Crippen LogP contribution in [0.1, 0.15) is 60.9 Å². The van der Waals surface area contributed by atoms with Gasteiger partial charge >= 0.3 is 0 Å². The summed E-state index contributed by atoms with van der Waals surface area (Å²) in [5.41, 5.74) is 0.927. The van der Waals surface area contributed by atoms with Crippen LogP contribution in [0.25, 0.3) is 0 Å². The molecule has 1 aliphatic heterocycles. The summed E-state index contributed by atoms with van der Waals surface area (Å²) in [5.74, 6) is 1.20. The number of rotatable bonds is 5. The van der Waals surface area contributed by atoms with E-state index in [0.29, 0.717) is 55.0 Å². The number of hydrogen-bond acceptors (Lipinski definition) is 5. The van der Waals surface area contributed by atoms with E-state index >= 15 is 0 Å². The van der Waals surface area contributed by atoms with E-state index in [0.717, 1.165) is 19.3 Å². The summed E-state index contributed by atoms with van der Waals surface area (Å²) >= 11 is 0. The summed E-state index contributed by atoms with van der Waals surface area (Å²) in [6.07, 6.45) is 2.38. The molecule has 1 aromatic carbocycles. The molecule has 2 amide bonds. The number of pyridine rings is 1. The van der Waals surface area contributed by atoms with Crippen LogP contribution in [0, 0.1) is 5.92 Å². The number of methoxy groups -OCH3 is 1. The van der Waals surface area contributed by atoms with E-state index in [2.05, 4.69) is 18.8 Å². The van der Waals surface area contributed by atoms with E-state index < -0.39 is 0 Å². The second kappa shape index (κ2) is 11.7. The lowest BCUT2D eigenvalue weighted by molar-refractivity contribution is 0.0549. The van der Waals surface area contributed by atoms with Gasteiger partial charge in [-0.05, 0) is 50.3 Å². The van der Waals surface area contributed by atoms with Crippen molar-refractivity contribution in [1.82, 2.24) is 14.8 Å². The molecule has 0 aliphatic carbocycles. The predicted molar refractivity (Wildman–Crippen MR) is 128 cm³/mol. The van der Waals surface area contributed by atoms with Crippen molar-refractivity contribution in [3.63, 3.8) is 0 Å². The van der Waals surface area contributed by atoms with Gasteiger partial charge in [-0.1, -0.05) is 32.0 Å². The maximum Gasteiger partial charge on any atom is 0.272 e. The van der Waals surface area contributed by atoms with Crippen molar-refractivity contribution < 1.29 is 19.1 Å². The first-order valence-corrected chi connectivity index (χ1v) is 11.8. The van der Waals surface area contributed by atoms with Crippen molar-refractivity contribution in [3.8, 4) is 11.6 Å². The Morgan fingerprint density at radius 3 is 2.64 bits per heavy atom. The van der Waals surface area contributed by atoms with Gasteiger partial charge < -0.3 is 19.3 Å². The molecule has 1 aliphatic rings. The third-order valence-electron chi connectivity index (χ3n) is 5.89. The van der Waals surface area contributed by atoms with Gasteiger partial charge in [-0.2, -0.15) is 0 Å². The van der Waals surface area contributed by atoms with E-state index in [1.807, 2.05) is 41.0 Å². The molecule has 0 saturated carbocycles. The molecule has 0 spiro atoms. The lowest BCUT2D eigenvalue weighted by atomic mass is 10.0. The standard InChI is InChI=1S/C26H35N3O4/c1-5-28-15-8-9-16-29(26(31)22-12-10-14-24(27-22)32-4)20(17-19(2)3)18-33-23-13-7-6-11-21(23)25(28)30/h6-7,10-14,19-20H,5,8-9,15-18H2,1-4H3/t20-/m0/s1. The first-order valence-electron chi connectivity index (χ1n) is 11.8. The fourth-order valence-electron chi connectivity index (χ4n) is 4.19. The van der Waals surface area contributed by atoms with Crippen LogP contribution in [0.15, 0.2) is 42.5 Å². The topological polar surface area (TPSA) is 72.0 Å². The minimum absolute atomic E-state index is 0.0115. The molecule has 0 radical (unpaired) electrons. The lowest BCUT2D eigenvalue weighted by Crippen LogP contribution is -2.46. The number of amides is 2. The van der Waals surface area contributed by atoms with Gasteiger partial charge in [0.05, 0.1) is 18.7 Å². The van der Waals surface area contributed by atoms with Crippen molar-refractivity contribution in [3.05, 3.63) is 53.7 Å². The minimum Gasteiger partial charge on any atom is -0.491 e. The molecule has 0 bridgehead atoms. The molecule has 2 heterocycles. The van der Waals surface area contributed by atoms with Crippen LogP contribution in [0.4, 0.5) is 0 Å². The number of nitrogens with zero attached hydrogens (tertiary/aromatic N) is 3. The Labute approximate surface area is 196 Å². The van der Waals surface area contributed by atoms with Crippen molar-refractivity contribution in [2.45, 2.75) is 46.1 Å². The van der Waals surface area contributed by atoms with E-state index in [9.17, 15) is 9.59 Å². The van der Waals surface area contributed by atoms with Crippen LogP contribution < -0.4 is 9.47 Å². The molecule has 1 atom stereocenters. The number of carbonyl (C=O) groups excluding carboxylic acids is 2. The highest BCUT2D eigenvalue weighted by molar-refractivity contribution is 5.97. The first-order chi connectivity index (χ1) is 15.9. The molecular formula is C26H35N3O4. The second-order valence-electron chi connectivity index (χ2n) is 8.75. The van der Waals surface area contributed by atoms with Gasteiger partial charge in [-0.3, -0.25) is 9.59 Å². The Kier molecular flexibility index (Phi) is 8.69. The van der Waals surface area contributed by atoms with Crippen LogP contribution in [-0.2, 0) is 0 Å². The Morgan fingerprint density at radius 2 is 1.91 bits per heavy atom. The fraction of sp³-hybridized carbons (Fsp3) is 0.500. The van der Waals surface area contributed by atoms with Gasteiger partial charge in [-0.25, -0.2) is 4.98 Å². The van der Waals surface area contributed by atoms with Crippen molar-refractivity contribution in [2.75, 3.05) is 33.4 Å². The van der Waals surface area contributed by atoms with E-state index in [1.165, 1.54) is 0 Å². The molecule has 1 aromatic heterocycles. The number of fused-ring (bicyclic) bond motifs is 1. The Bertz CT molecular complexity index is 947. The molecule has 0 unspecified atom stereocenters. The highest BCUT2D eigenvalue weighted by Crippen LogP contribution is 2.24. The SMILES string of the molecule is CCN1CCCCN(C(=O)c2cccc(OC)n2)[C@@H](CC(C)C)COc2ccccc2C1=O. The predicted octanol–water partition coefficient (Wildman–Crippen LogP) is 4.28. The van der Waals surface area contributed by atoms with Gasteiger partial charge in [0.15, 0.2) is 0 Å². The van der Waals surface area contributed by atoms with Gasteiger partial charge in [-0.15, -0.1) is 0 Å².